The van der Waals surface area contributed by atoms with Crippen LogP contribution in [0.2, 0.25) is 0 Å². The number of hydrazine groups is 1. The average Bonchev–Trinajstić information content (AvgIpc) is 2.90. The van der Waals surface area contributed by atoms with Gasteiger partial charge < -0.3 is 0 Å². The molecule has 1 atom stereocenters. The maximum Gasteiger partial charge on any atom is 0.129 e. The quantitative estimate of drug-likeness (QED) is 0.670. The first-order valence-corrected chi connectivity index (χ1v) is 7.14. The summed E-state index contributed by atoms with van der Waals surface area (Å²) in [5.74, 6) is 4.94. The van der Waals surface area contributed by atoms with Crippen LogP contribution >= 0.6 is 0 Å². The van der Waals surface area contributed by atoms with Gasteiger partial charge in [0.2, 0.25) is 0 Å². The number of hydrogen-bond donors (Lipinski definition) is 2. The zero-order valence-electron chi connectivity index (χ0n) is 11.7. The van der Waals surface area contributed by atoms with Gasteiger partial charge in [0.05, 0.1) is 0 Å². The highest BCUT2D eigenvalue weighted by atomic mass is 19.1. The van der Waals surface area contributed by atoms with Gasteiger partial charge in [0.15, 0.2) is 0 Å². The Morgan fingerprint density at radius 3 is 2.33 bits per heavy atom. The van der Waals surface area contributed by atoms with E-state index >= 15 is 0 Å². The number of rotatable bonds is 4. The third-order valence-electron chi connectivity index (χ3n) is 4.32. The molecule has 0 saturated heterocycles. The van der Waals surface area contributed by atoms with Crippen LogP contribution in [0.1, 0.15) is 16.7 Å². The number of nitrogens with one attached hydrogen (secondary N) is 1. The van der Waals surface area contributed by atoms with Crippen molar-refractivity contribution in [2.75, 3.05) is 0 Å². The van der Waals surface area contributed by atoms with E-state index in [0.29, 0.717) is 17.9 Å². The molecule has 0 amide bonds. The standard InChI is InChI=1S/C17H18F2N2/c18-15-6-5-13(16(19)10-15)9-17(21-20)14-7-11-3-1-2-4-12(11)8-14/h1-6,10,14,17,21H,7-9,20H2. The van der Waals surface area contributed by atoms with E-state index in [4.69, 9.17) is 5.84 Å². The Bertz CT molecular complexity index is 617. The van der Waals surface area contributed by atoms with Gasteiger partial charge in [-0.3, -0.25) is 11.3 Å². The van der Waals surface area contributed by atoms with E-state index < -0.39 is 11.6 Å². The molecule has 3 N–H and O–H groups in total. The number of halogens is 2. The van der Waals surface area contributed by atoms with E-state index in [1.807, 2.05) is 12.1 Å². The average molecular weight is 288 g/mol. The summed E-state index contributed by atoms with van der Waals surface area (Å²) in [5.41, 5.74) is 5.98. The zero-order valence-corrected chi connectivity index (χ0v) is 11.7. The lowest BCUT2D eigenvalue weighted by Gasteiger charge is -2.23. The van der Waals surface area contributed by atoms with Crippen molar-refractivity contribution >= 4 is 0 Å². The van der Waals surface area contributed by atoms with Crippen molar-refractivity contribution in [3.8, 4) is 0 Å². The minimum Gasteiger partial charge on any atom is -0.271 e. The molecule has 0 spiro atoms. The van der Waals surface area contributed by atoms with Crippen LogP contribution in [-0.2, 0) is 19.3 Å². The first-order valence-electron chi connectivity index (χ1n) is 7.14. The van der Waals surface area contributed by atoms with Crippen molar-refractivity contribution in [3.63, 3.8) is 0 Å². The highest BCUT2D eigenvalue weighted by Gasteiger charge is 2.28. The van der Waals surface area contributed by atoms with Gasteiger partial charge in [-0.25, -0.2) is 8.78 Å². The summed E-state index contributed by atoms with van der Waals surface area (Å²) in [6.07, 6.45) is 2.34. The van der Waals surface area contributed by atoms with Crippen molar-refractivity contribution in [2.45, 2.75) is 25.3 Å². The number of hydrogen-bond acceptors (Lipinski definition) is 2. The second kappa shape index (κ2) is 5.92. The largest absolute Gasteiger partial charge is 0.271 e. The predicted molar refractivity (Wildman–Crippen MR) is 78.5 cm³/mol. The van der Waals surface area contributed by atoms with Crippen LogP contribution in [0.3, 0.4) is 0 Å². The Morgan fingerprint density at radius 1 is 1.10 bits per heavy atom. The van der Waals surface area contributed by atoms with Crippen LogP contribution in [0.5, 0.6) is 0 Å². The van der Waals surface area contributed by atoms with Crippen LogP contribution in [0.15, 0.2) is 42.5 Å². The smallest absolute Gasteiger partial charge is 0.129 e. The molecule has 0 radical (unpaired) electrons. The molecule has 2 aromatic carbocycles. The van der Waals surface area contributed by atoms with Crippen LogP contribution < -0.4 is 11.3 Å². The number of benzene rings is 2. The molecular formula is C17H18F2N2. The molecule has 21 heavy (non-hydrogen) atoms. The lowest BCUT2D eigenvalue weighted by molar-refractivity contribution is 0.363. The van der Waals surface area contributed by atoms with Gasteiger partial charge in [-0.2, -0.15) is 0 Å². The molecule has 3 rings (SSSR count). The maximum absolute atomic E-state index is 13.8. The molecule has 1 aliphatic rings. The van der Waals surface area contributed by atoms with E-state index in [1.54, 1.807) is 0 Å². The number of nitrogens with two attached hydrogens (primary N) is 1. The summed E-state index contributed by atoms with van der Waals surface area (Å²) >= 11 is 0. The Morgan fingerprint density at radius 2 is 1.76 bits per heavy atom. The molecule has 110 valence electrons. The minimum absolute atomic E-state index is 0.0302. The van der Waals surface area contributed by atoms with Gasteiger partial charge in [-0.1, -0.05) is 30.3 Å². The van der Waals surface area contributed by atoms with E-state index in [9.17, 15) is 8.78 Å². The first kappa shape index (κ1) is 14.2. The van der Waals surface area contributed by atoms with E-state index in [1.165, 1.54) is 23.3 Å². The predicted octanol–water partition coefficient (Wildman–Crippen LogP) is 2.75. The second-order valence-electron chi connectivity index (χ2n) is 5.65. The van der Waals surface area contributed by atoms with Crippen molar-refractivity contribution in [1.82, 2.24) is 5.43 Å². The summed E-state index contributed by atoms with van der Waals surface area (Å²) in [5, 5.41) is 0. The number of fused-ring (bicyclic) bond motifs is 1. The van der Waals surface area contributed by atoms with E-state index in [-0.39, 0.29) is 6.04 Å². The van der Waals surface area contributed by atoms with Gasteiger partial charge in [0, 0.05) is 12.1 Å². The summed E-state index contributed by atoms with van der Waals surface area (Å²) < 4.78 is 26.8. The van der Waals surface area contributed by atoms with Crippen LogP contribution in [0, 0.1) is 17.6 Å². The second-order valence-corrected chi connectivity index (χ2v) is 5.65. The fourth-order valence-electron chi connectivity index (χ4n) is 3.16. The summed E-state index contributed by atoms with van der Waals surface area (Å²) in [7, 11) is 0. The normalized spacial score (nSPS) is 16.0. The Labute approximate surface area is 122 Å². The Balaban J connectivity index is 1.75. The Kier molecular flexibility index (Phi) is 3.99. The molecule has 1 aliphatic carbocycles. The van der Waals surface area contributed by atoms with Gasteiger partial charge in [0.25, 0.3) is 0 Å². The molecule has 4 heteroatoms. The van der Waals surface area contributed by atoms with Crippen molar-refractivity contribution in [2.24, 2.45) is 11.8 Å². The molecule has 0 fully saturated rings. The molecule has 0 bridgehead atoms. The summed E-state index contributed by atoms with van der Waals surface area (Å²) in [6.45, 7) is 0. The SMILES string of the molecule is NNC(Cc1ccc(F)cc1F)C1Cc2ccccc2C1. The lowest BCUT2D eigenvalue weighted by atomic mass is 9.91. The highest BCUT2D eigenvalue weighted by Crippen LogP contribution is 2.30. The van der Waals surface area contributed by atoms with Crippen LogP contribution in [-0.4, -0.2) is 6.04 Å². The van der Waals surface area contributed by atoms with Crippen molar-refractivity contribution in [1.29, 1.82) is 0 Å². The minimum atomic E-state index is -0.554. The molecular weight excluding hydrogens is 270 g/mol. The molecule has 0 aliphatic heterocycles. The van der Waals surface area contributed by atoms with Gasteiger partial charge in [0.1, 0.15) is 11.6 Å². The van der Waals surface area contributed by atoms with Gasteiger partial charge in [-0.05, 0) is 47.9 Å². The van der Waals surface area contributed by atoms with Crippen LogP contribution in [0.25, 0.3) is 0 Å². The van der Waals surface area contributed by atoms with E-state index in [0.717, 1.165) is 18.9 Å². The summed E-state index contributed by atoms with van der Waals surface area (Å²) in [6, 6.07) is 12.0. The van der Waals surface area contributed by atoms with Gasteiger partial charge >= 0.3 is 0 Å². The highest BCUT2D eigenvalue weighted by molar-refractivity contribution is 5.33. The maximum atomic E-state index is 13.8. The first-order chi connectivity index (χ1) is 10.2. The molecule has 2 nitrogen and oxygen atoms in total. The molecule has 2 aromatic rings. The van der Waals surface area contributed by atoms with Crippen molar-refractivity contribution < 1.29 is 8.78 Å². The monoisotopic (exact) mass is 288 g/mol. The summed E-state index contributed by atoms with van der Waals surface area (Å²) in [4.78, 5) is 0. The fourth-order valence-corrected chi connectivity index (χ4v) is 3.16. The molecule has 0 heterocycles. The molecule has 0 aromatic heterocycles. The van der Waals surface area contributed by atoms with Crippen LogP contribution in [0.4, 0.5) is 8.78 Å². The van der Waals surface area contributed by atoms with Crippen molar-refractivity contribution in [3.05, 3.63) is 70.8 Å². The third-order valence-corrected chi connectivity index (χ3v) is 4.32. The fraction of sp³-hybridized carbons (Fsp3) is 0.294. The zero-order chi connectivity index (χ0) is 14.8. The van der Waals surface area contributed by atoms with Gasteiger partial charge in [-0.15, -0.1) is 0 Å². The van der Waals surface area contributed by atoms with E-state index in [2.05, 4.69) is 17.6 Å². The molecule has 1 unspecified atom stereocenters. The topological polar surface area (TPSA) is 38.0 Å². The lowest BCUT2D eigenvalue weighted by Crippen LogP contribution is -2.43. The Hall–Kier alpha value is -1.78. The third kappa shape index (κ3) is 2.96. The molecule has 0 saturated carbocycles.